The van der Waals surface area contributed by atoms with E-state index in [9.17, 15) is 18.0 Å². The summed E-state index contributed by atoms with van der Waals surface area (Å²) in [6.07, 6.45) is -3.84. The number of halogens is 4. The van der Waals surface area contributed by atoms with E-state index in [4.69, 9.17) is 11.6 Å². The zero-order valence-electron chi connectivity index (χ0n) is 12.5. The highest BCUT2D eigenvalue weighted by molar-refractivity contribution is 6.37. The SMILES string of the molecule is CCc1c(C)c2c3c(Cl)cc(=O)[nH]c3ccc2n1CC(F)(F)F. The Balaban J connectivity index is 2.47. The fourth-order valence-electron chi connectivity index (χ4n) is 3.21. The van der Waals surface area contributed by atoms with Gasteiger partial charge in [0.1, 0.15) is 6.54 Å². The van der Waals surface area contributed by atoms with Crippen LogP contribution in [0.25, 0.3) is 21.8 Å². The van der Waals surface area contributed by atoms with Gasteiger partial charge in [-0.05, 0) is 31.0 Å². The molecule has 2 aromatic heterocycles. The molecule has 0 radical (unpaired) electrons. The van der Waals surface area contributed by atoms with E-state index in [-0.39, 0.29) is 10.6 Å². The molecular formula is C16H14ClF3N2O. The Morgan fingerprint density at radius 3 is 2.57 bits per heavy atom. The number of hydrogen-bond acceptors (Lipinski definition) is 1. The largest absolute Gasteiger partial charge is 0.406 e. The van der Waals surface area contributed by atoms with Crippen LogP contribution in [0, 0.1) is 6.92 Å². The van der Waals surface area contributed by atoms with Crippen LogP contribution in [0.1, 0.15) is 18.2 Å². The molecule has 23 heavy (non-hydrogen) atoms. The van der Waals surface area contributed by atoms with Crippen LogP contribution in [0.4, 0.5) is 13.2 Å². The van der Waals surface area contributed by atoms with E-state index in [1.165, 1.54) is 10.6 Å². The highest BCUT2D eigenvalue weighted by Crippen LogP contribution is 2.36. The molecule has 0 fully saturated rings. The molecule has 0 spiro atoms. The van der Waals surface area contributed by atoms with Gasteiger partial charge in [0.05, 0.1) is 10.5 Å². The number of benzene rings is 1. The van der Waals surface area contributed by atoms with Gasteiger partial charge in [0.25, 0.3) is 0 Å². The number of alkyl halides is 3. The van der Waals surface area contributed by atoms with Crippen molar-refractivity contribution in [1.82, 2.24) is 9.55 Å². The van der Waals surface area contributed by atoms with Gasteiger partial charge < -0.3 is 9.55 Å². The van der Waals surface area contributed by atoms with Crippen LogP contribution in [0.2, 0.25) is 5.02 Å². The molecule has 0 saturated heterocycles. The number of nitrogens with zero attached hydrogens (tertiary/aromatic N) is 1. The predicted octanol–water partition coefficient (Wildman–Crippen LogP) is 4.57. The summed E-state index contributed by atoms with van der Waals surface area (Å²) in [4.78, 5) is 14.2. The van der Waals surface area contributed by atoms with Crippen LogP contribution >= 0.6 is 11.6 Å². The second-order valence-corrected chi connectivity index (χ2v) is 5.90. The molecule has 0 atom stereocenters. The third-order valence-electron chi connectivity index (χ3n) is 4.03. The fraction of sp³-hybridized carbons (Fsp3) is 0.312. The number of rotatable bonds is 2. The number of fused-ring (bicyclic) bond motifs is 3. The van der Waals surface area contributed by atoms with Gasteiger partial charge in [0.2, 0.25) is 5.56 Å². The summed E-state index contributed by atoms with van der Waals surface area (Å²) < 4.78 is 40.1. The average Bonchev–Trinajstić information content (AvgIpc) is 2.68. The highest BCUT2D eigenvalue weighted by Gasteiger charge is 2.30. The van der Waals surface area contributed by atoms with E-state index >= 15 is 0 Å². The zero-order valence-corrected chi connectivity index (χ0v) is 13.3. The smallest absolute Gasteiger partial charge is 0.335 e. The highest BCUT2D eigenvalue weighted by atomic mass is 35.5. The molecule has 0 unspecified atom stereocenters. The quantitative estimate of drug-likeness (QED) is 0.728. The maximum atomic E-state index is 12.9. The normalized spacial score (nSPS) is 12.4. The zero-order chi connectivity index (χ0) is 16.9. The minimum absolute atomic E-state index is 0.240. The first kappa shape index (κ1) is 15.9. The van der Waals surface area contributed by atoms with E-state index < -0.39 is 12.7 Å². The summed E-state index contributed by atoms with van der Waals surface area (Å²) >= 11 is 6.20. The van der Waals surface area contributed by atoms with Crippen molar-refractivity contribution in [3.8, 4) is 0 Å². The number of pyridine rings is 1. The maximum Gasteiger partial charge on any atom is 0.406 e. The lowest BCUT2D eigenvalue weighted by Crippen LogP contribution is -2.19. The Morgan fingerprint density at radius 2 is 1.96 bits per heavy atom. The molecule has 0 aliphatic heterocycles. The molecule has 0 aliphatic carbocycles. The summed E-state index contributed by atoms with van der Waals surface area (Å²) in [6, 6.07) is 4.44. The lowest BCUT2D eigenvalue weighted by Gasteiger charge is -2.13. The average molecular weight is 343 g/mol. The van der Waals surface area contributed by atoms with Crippen LogP contribution in [0.15, 0.2) is 23.0 Å². The monoisotopic (exact) mass is 342 g/mol. The first-order chi connectivity index (χ1) is 10.7. The van der Waals surface area contributed by atoms with Crippen molar-refractivity contribution < 1.29 is 13.2 Å². The van der Waals surface area contributed by atoms with Gasteiger partial charge in [-0.25, -0.2) is 0 Å². The third kappa shape index (κ3) is 2.61. The molecule has 1 aromatic carbocycles. The van der Waals surface area contributed by atoms with Crippen molar-refractivity contribution in [3.63, 3.8) is 0 Å². The molecule has 0 amide bonds. The number of nitrogens with one attached hydrogen (secondary N) is 1. The Morgan fingerprint density at radius 1 is 1.26 bits per heavy atom. The van der Waals surface area contributed by atoms with E-state index in [1.54, 1.807) is 19.1 Å². The van der Waals surface area contributed by atoms with Gasteiger partial charge in [0, 0.05) is 28.0 Å². The van der Waals surface area contributed by atoms with E-state index in [0.717, 1.165) is 5.56 Å². The molecular weight excluding hydrogens is 329 g/mol. The van der Waals surface area contributed by atoms with Crippen molar-refractivity contribution in [2.45, 2.75) is 33.0 Å². The van der Waals surface area contributed by atoms with Gasteiger partial charge in [0.15, 0.2) is 0 Å². The third-order valence-corrected chi connectivity index (χ3v) is 4.33. The molecule has 0 aliphatic rings. The van der Waals surface area contributed by atoms with Crippen molar-refractivity contribution >= 4 is 33.4 Å². The van der Waals surface area contributed by atoms with Gasteiger partial charge in [-0.15, -0.1) is 0 Å². The standard InChI is InChI=1S/C16H14ClF3N2O/c1-3-11-8(2)14-12(22(11)7-16(18,19)20)5-4-10-15(14)9(17)6-13(23)21-10/h4-6H,3,7H2,1-2H3,(H,21,23). The van der Waals surface area contributed by atoms with Gasteiger partial charge >= 0.3 is 6.18 Å². The molecule has 7 heteroatoms. The van der Waals surface area contributed by atoms with E-state index in [1.807, 2.05) is 6.92 Å². The van der Waals surface area contributed by atoms with Crippen LogP contribution in [0.3, 0.4) is 0 Å². The van der Waals surface area contributed by atoms with Crippen LogP contribution in [-0.2, 0) is 13.0 Å². The summed E-state index contributed by atoms with van der Waals surface area (Å²) in [5.41, 5.74) is 2.02. The summed E-state index contributed by atoms with van der Waals surface area (Å²) in [7, 11) is 0. The van der Waals surface area contributed by atoms with Crippen LogP contribution in [0.5, 0.6) is 0 Å². The Kier molecular flexibility index (Phi) is 3.67. The molecule has 1 N–H and O–H groups in total. The number of aromatic amines is 1. The van der Waals surface area contributed by atoms with E-state index in [2.05, 4.69) is 4.98 Å². The number of H-pyrrole nitrogens is 1. The molecule has 122 valence electrons. The first-order valence-electron chi connectivity index (χ1n) is 7.13. The summed E-state index contributed by atoms with van der Waals surface area (Å²) in [6.45, 7) is 2.56. The second kappa shape index (κ2) is 5.30. The Bertz CT molecular complexity index is 969. The minimum Gasteiger partial charge on any atom is -0.335 e. The first-order valence-corrected chi connectivity index (χ1v) is 7.50. The molecule has 0 bridgehead atoms. The van der Waals surface area contributed by atoms with Gasteiger partial charge in [-0.2, -0.15) is 13.2 Å². The van der Waals surface area contributed by atoms with Crippen molar-refractivity contribution in [3.05, 3.63) is 44.8 Å². The number of hydrogen-bond donors (Lipinski definition) is 1. The Hall–Kier alpha value is -1.95. The molecule has 3 aromatic rings. The van der Waals surface area contributed by atoms with Gasteiger partial charge in [-0.3, -0.25) is 4.79 Å². The molecule has 3 nitrogen and oxygen atoms in total. The van der Waals surface area contributed by atoms with E-state index in [0.29, 0.717) is 33.9 Å². The molecule has 3 rings (SSSR count). The topological polar surface area (TPSA) is 37.8 Å². The Labute approximate surface area is 134 Å². The van der Waals surface area contributed by atoms with Crippen LogP contribution in [-0.4, -0.2) is 15.7 Å². The van der Waals surface area contributed by atoms with Gasteiger partial charge in [-0.1, -0.05) is 18.5 Å². The lowest BCUT2D eigenvalue weighted by atomic mass is 10.1. The van der Waals surface area contributed by atoms with Crippen molar-refractivity contribution in [2.24, 2.45) is 0 Å². The maximum absolute atomic E-state index is 12.9. The fourth-order valence-corrected chi connectivity index (χ4v) is 3.51. The van der Waals surface area contributed by atoms with Crippen LogP contribution < -0.4 is 5.56 Å². The number of aryl methyl sites for hydroxylation is 1. The minimum atomic E-state index is -4.31. The summed E-state index contributed by atoms with van der Waals surface area (Å²) in [5.74, 6) is 0. The predicted molar refractivity (Wildman–Crippen MR) is 85.2 cm³/mol. The lowest BCUT2D eigenvalue weighted by molar-refractivity contribution is -0.140. The summed E-state index contributed by atoms with van der Waals surface area (Å²) in [5, 5.41) is 1.48. The number of aromatic nitrogens is 2. The molecule has 2 heterocycles. The molecule has 0 saturated carbocycles. The van der Waals surface area contributed by atoms with Crippen molar-refractivity contribution in [1.29, 1.82) is 0 Å². The van der Waals surface area contributed by atoms with Crippen molar-refractivity contribution in [2.75, 3.05) is 0 Å². The second-order valence-electron chi connectivity index (χ2n) is 5.49.